The summed E-state index contributed by atoms with van der Waals surface area (Å²) in [7, 11) is 0. The fourth-order valence-electron chi connectivity index (χ4n) is 2.97. The Morgan fingerprint density at radius 1 is 1.16 bits per heavy atom. The Kier molecular flexibility index (Phi) is 5.98. The van der Waals surface area contributed by atoms with Gasteiger partial charge in [0, 0.05) is 19.6 Å². The Bertz CT molecular complexity index is 627. The average Bonchev–Trinajstić information content (AvgIpc) is 3.12. The Hall–Kier alpha value is -2.44. The molecule has 0 saturated carbocycles. The van der Waals surface area contributed by atoms with E-state index in [9.17, 15) is 4.79 Å². The molecule has 1 aromatic rings. The third-order valence-electron chi connectivity index (χ3n) is 4.32. The number of guanidine groups is 1. The van der Waals surface area contributed by atoms with Gasteiger partial charge in [-0.2, -0.15) is 0 Å². The lowest BCUT2D eigenvalue weighted by Gasteiger charge is -2.27. The highest BCUT2D eigenvalue weighted by Gasteiger charge is 2.16. The third kappa shape index (κ3) is 4.78. The number of fused-ring (bicyclic) bond motifs is 1. The molecule has 0 spiro atoms. The first kappa shape index (κ1) is 17.4. The third-order valence-corrected chi connectivity index (χ3v) is 4.32. The van der Waals surface area contributed by atoms with Crippen molar-refractivity contribution in [1.29, 1.82) is 0 Å². The van der Waals surface area contributed by atoms with E-state index in [0.717, 1.165) is 49.5 Å². The van der Waals surface area contributed by atoms with Crippen LogP contribution in [0.3, 0.4) is 0 Å². The number of carbonyl (C=O) groups is 1. The van der Waals surface area contributed by atoms with Gasteiger partial charge in [0.25, 0.3) is 0 Å². The van der Waals surface area contributed by atoms with Crippen LogP contribution in [-0.4, -0.2) is 49.7 Å². The molecule has 0 radical (unpaired) electrons. The van der Waals surface area contributed by atoms with Crippen LogP contribution in [0.2, 0.25) is 0 Å². The van der Waals surface area contributed by atoms with Gasteiger partial charge in [-0.25, -0.2) is 4.99 Å². The van der Waals surface area contributed by atoms with Gasteiger partial charge in [-0.1, -0.05) is 6.07 Å². The predicted octanol–water partition coefficient (Wildman–Crippen LogP) is 1.48. The van der Waals surface area contributed by atoms with Crippen LogP contribution in [0.5, 0.6) is 11.5 Å². The lowest BCUT2D eigenvalue weighted by molar-refractivity contribution is -0.130. The number of nitrogens with zero attached hydrogens (tertiary/aromatic N) is 2. The first-order valence-electron chi connectivity index (χ1n) is 8.94. The van der Waals surface area contributed by atoms with Crippen molar-refractivity contribution in [2.45, 2.75) is 32.7 Å². The van der Waals surface area contributed by atoms with E-state index in [4.69, 9.17) is 9.47 Å². The molecule has 0 aliphatic carbocycles. The fourth-order valence-corrected chi connectivity index (χ4v) is 2.97. The van der Waals surface area contributed by atoms with Gasteiger partial charge >= 0.3 is 0 Å². The molecular weight excluding hydrogens is 320 g/mol. The van der Waals surface area contributed by atoms with Crippen LogP contribution in [0.4, 0.5) is 0 Å². The second kappa shape index (κ2) is 8.60. The van der Waals surface area contributed by atoms with Gasteiger partial charge in [0.2, 0.25) is 12.7 Å². The molecule has 7 heteroatoms. The van der Waals surface area contributed by atoms with Gasteiger partial charge in [-0.3, -0.25) is 4.79 Å². The van der Waals surface area contributed by atoms with Gasteiger partial charge < -0.3 is 25.0 Å². The topological polar surface area (TPSA) is 75.2 Å². The molecule has 25 heavy (non-hydrogen) atoms. The van der Waals surface area contributed by atoms with Crippen molar-refractivity contribution < 1.29 is 14.3 Å². The summed E-state index contributed by atoms with van der Waals surface area (Å²) in [6.45, 7) is 5.52. The largest absolute Gasteiger partial charge is 0.454 e. The Morgan fingerprint density at radius 3 is 2.76 bits per heavy atom. The molecule has 136 valence electrons. The first-order valence-corrected chi connectivity index (χ1v) is 8.94. The number of ether oxygens (including phenoxy) is 2. The highest BCUT2D eigenvalue weighted by Crippen LogP contribution is 2.32. The number of likely N-dealkylation sites (tertiary alicyclic amines) is 1. The van der Waals surface area contributed by atoms with Gasteiger partial charge in [-0.15, -0.1) is 0 Å². The average molecular weight is 346 g/mol. The van der Waals surface area contributed by atoms with Crippen LogP contribution >= 0.6 is 0 Å². The van der Waals surface area contributed by atoms with E-state index in [0.29, 0.717) is 12.5 Å². The maximum Gasteiger partial charge on any atom is 0.241 e. The molecule has 0 atom stereocenters. The summed E-state index contributed by atoms with van der Waals surface area (Å²) in [6.07, 6.45) is 3.42. The van der Waals surface area contributed by atoms with Crippen molar-refractivity contribution in [1.82, 2.24) is 15.5 Å². The number of piperidine rings is 1. The van der Waals surface area contributed by atoms with Crippen LogP contribution in [0.25, 0.3) is 0 Å². The number of aliphatic imine (C=N–C) groups is 1. The van der Waals surface area contributed by atoms with Gasteiger partial charge in [0.1, 0.15) is 0 Å². The van der Waals surface area contributed by atoms with Crippen molar-refractivity contribution in [3.05, 3.63) is 23.8 Å². The molecule has 1 saturated heterocycles. The number of hydrogen-bond acceptors (Lipinski definition) is 4. The second-order valence-corrected chi connectivity index (χ2v) is 6.18. The molecule has 1 aromatic carbocycles. The van der Waals surface area contributed by atoms with Crippen LogP contribution in [0, 0.1) is 0 Å². The van der Waals surface area contributed by atoms with Crippen molar-refractivity contribution in [2.24, 2.45) is 4.99 Å². The van der Waals surface area contributed by atoms with E-state index < -0.39 is 0 Å². The van der Waals surface area contributed by atoms with Crippen molar-refractivity contribution in [3.63, 3.8) is 0 Å². The van der Waals surface area contributed by atoms with Gasteiger partial charge in [0.15, 0.2) is 17.5 Å². The Morgan fingerprint density at radius 2 is 1.96 bits per heavy atom. The van der Waals surface area contributed by atoms with Crippen molar-refractivity contribution in [3.8, 4) is 11.5 Å². The molecule has 1 amide bonds. The number of rotatable bonds is 5. The molecule has 0 unspecified atom stereocenters. The van der Waals surface area contributed by atoms with Gasteiger partial charge in [0.05, 0.1) is 13.1 Å². The summed E-state index contributed by atoms with van der Waals surface area (Å²) in [5.41, 5.74) is 1.03. The summed E-state index contributed by atoms with van der Waals surface area (Å²) >= 11 is 0. The molecule has 2 heterocycles. The molecule has 7 nitrogen and oxygen atoms in total. The summed E-state index contributed by atoms with van der Waals surface area (Å²) in [6, 6.07) is 5.81. The van der Waals surface area contributed by atoms with E-state index >= 15 is 0 Å². The standard InChI is InChI=1S/C18H26N4O3/c1-2-19-18(21-12-17(23)22-8-4-3-5-9-22)20-11-14-6-7-15-16(10-14)25-13-24-15/h6-7,10H,2-5,8-9,11-13H2,1H3,(H2,19,20,21). The van der Waals surface area contributed by atoms with E-state index in [2.05, 4.69) is 15.6 Å². The molecule has 0 bridgehead atoms. The fraction of sp³-hybridized carbons (Fsp3) is 0.556. The van der Waals surface area contributed by atoms with E-state index in [1.807, 2.05) is 30.0 Å². The van der Waals surface area contributed by atoms with Crippen LogP contribution in [-0.2, 0) is 11.3 Å². The maximum atomic E-state index is 12.3. The summed E-state index contributed by atoms with van der Waals surface area (Å²) < 4.78 is 10.7. The summed E-state index contributed by atoms with van der Waals surface area (Å²) in [5.74, 6) is 2.30. The predicted molar refractivity (Wildman–Crippen MR) is 95.8 cm³/mol. The normalized spacial score (nSPS) is 16.7. The number of benzene rings is 1. The van der Waals surface area contributed by atoms with Crippen LogP contribution in [0.1, 0.15) is 31.7 Å². The van der Waals surface area contributed by atoms with Crippen LogP contribution < -0.4 is 20.1 Å². The quantitative estimate of drug-likeness (QED) is 0.624. The number of hydrogen-bond donors (Lipinski definition) is 2. The molecule has 1 fully saturated rings. The summed E-state index contributed by atoms with van der Waals surface area (Å²) in [4.78, 5) is 18.7. The minimum absolute atomic E-state index is 0.133. The summed E-state index contributed by atoms with van der Waals surface area (Å²) in [5, 5.41) is 6.31. The monoisotopic (exact) mass is 346 g/mol. The first-order chi connectivity index (χ1) is 12.3. The smallest absolute Gasteiger partial charge is 0.241 e. The highest BCUT2D eigenvalue weighted by atomic mass is 16.7. The van der Waals surface area contributed by atoms with Crippen molar-refractivity contribution >= 4 is 11.9 Å². The van der Waals surface area contributed by atoms with E-state index in [1.54, 1.807) is 0 Å². The molecule has 2 aliphatic heterocycles. The minimum Gasteiger partial charge on any atom is -0.454 e. The zero-order valence-electron chi connectivity index (χ0n) is 14.7. The number of carbonyl (C=O) groups excluding carboxylic acids is 1. The second-order valence-electron chi connectivity index (χ2n) is 6.18. The van der Waals surface area contributed by atoms with E-state index in [-0.39, 0.29) is 19.2 Å². The minimum atomic E-state index is 0.133. The van der Waals surface area contributed by atoms with E-state index in [1.165, 1.54) is 6.42 Å². The maximum absolute atomic E-state index is 12.3. The molecule has 2 aliphatic rings. The molecular formula is C18H26N4O3. The zero-order valence-corrected chi connectivity index (χ0v) is 14.7. The zero-order chi connectivity index (χ0) is 17.5. The number of nitrogens with one attached hydrogen (secondary N) is 2. The SMILES string of the molecule is CCNC(=NCc1ccc2c(c1)OCO2)NCC(=O)N1CCCCC1. The Balaban J connectivity index is 1.54. The molecule has 3 rings (SSSR count). The molecule has 0 aromatic heterocycles. The van der Waals surface area contributed by atoms with Gasteiger partial charge in [-0.05, 0) is 43.9 Å². The van der Waals surface area contributed by atoms with Crippen LogP contribution in [0.15, 0.2) is 23.2 Å². The molecule has 2 N–H and O–H groups in total. The Labute approximate surface area is 148 Å². The lowest BCUT2D eigenvalue weighted by Crippen LogP contribution is -2.46. The lowest BCUT2D eigenvalue weighted by atomic mass is 10.1. The number of amides is 1. The van der Waals surface area contributed by atoms with Crippen molar-refractivity contribution in [2.75, 3.05) is 33.0 Å². The highest BCUT2D eigenvalue weighted by molar-refractivity contribution is 5.86.